The number of amides is 1. The number of ether oxygens (including phenoxy) is 1. The van der Waals surface area contributed by atoms with Gasteiger partial charge in [-0.2, -0.15) is 0 Å². The average molecular weight is 285 g/mol. The molecule has 19 heavy (non-hydrogen) atoms. The molecule has 1 saturated heterocycles. The lowest BCUT2D eigenvalue weighted by Crippen LogP contribution is -2.36. The third-order valence-electron chi connectivity index (χ3n) is 2.76. The Bertz CT molecular complexity index is 455. The fraction of sp³-hybridized carbons (Fsp3) is 0.750. The summed E-state index contributed by atoms with van der Waals surface area (Å²) in [4.78, 5) is 13.8. The zero-order valence-corrected chi connectivity index (χ0v) is 12.5. The van der Waals surface area contributed by atoms with Gasteiger partial charge in [-0.3, -0.25) is 4.90 Å². The second-order valence-electron chi connectivity index (χ2n) is 5.44. The van der Waals surface area contributed by atoms with Crippen molar-refractivity contribution >= 4 is 17.9 Å². The SMILES string of the molecule is CSc1nnc([C@H]2CCCN2C(=O)OC(C)(C)C)o1. The van der Waals surface area contributed by atoms with E-state index in [2.05, 4.69) is 10.2 Å². The number of nitrogens with zero attached hydrogens (tertiary/aromatic N) is 3. The Labute approximate surface area is 116 Å². The van der Waals surface area contributed by atoms with E-state index in [4.69, 9.17) is 9.15 Å². The van der Waals surface area contributed by atoms with E-state index >= 15 is 0 Å². The van der Waals surface area contributed by atoms with Crippen LogP contribution in [0.5, 0.6) is 0 Å². The van der Waals surface area contributed by atoms with Gasteiger partial charge in [-0.15, -0.1) is 10.2 Å². The molecule has 106 valence electrons. The van der Waals surface area contributed by atoms with Crippen molar-refractivity contribution in [1.82, 2.24) is 15.1 Å². The summed E-state index contributed by atoms with van der Waals surface area (Å²) in [7, 11) is 0. The molecule has 1 fully saturated rings. The maximum Gasteiger partial charge on any atom is 0.410 e. The van der Waals surface area contributed by atoms with Gasteiger partial charge in [0.2, 0.25) is 5.89 Å². The molecule has 6 nitrogen and oxygen atoms in total. The van der Waals surface area contributed by atoms with Crippen molar-refractivity contribution in [2.24, 2.45) is 0 Å². The zero-order chi connectivity index (χ0) is 14.0. The van der Waals surface area contributed by atoms with E-state index in [1.54, 1.807) is 4.90 Å². The number of likely N-dealkylation sites (tertiary alicyclic amines) is 1. The van der Waals surface area contributed by atoms with Crippen LogP contribution in [0.1, 0.15) is 45.5 Å². The van der Waals surface area contributed by atoms with Crippen LogP contribution in [0.2, 0.25) is 0 Å². The second-order valence-corrected chi connectivity index (χ2v) is 6.20. The molecule has 0 saturated carbocycles. The van der Waals surface area contributed by atoms with Gasteiger partial charge in [-0.1, -0.05) is 11.8 Å². The molecule has 2 rings (SSSR count). The molecule has 0 bridgehead atoms. The minimum absolute atomic E-state index is 0.164. The van der Waals surface area contributed by atoms with Crippen LogP contribution in [0.4, 0.5) is 4.79 Å². The molecule has 0 unspecified atom stereocenters. The van der Waals surface area contributed by atoms with Crippen LogP contribution in [0, 0.1) is 0 Å². The van der Waals surface area contributed by atoms with E-state index in [-0.39, 0.29) is 12.1 Å². The van der Waals surface area contributed by atoms with E-state index in [1.165, 1.54) is 11.8 Å². The lowest BCUT2D eigenvalue weighted by molar-refractivity contribution is 0.0201. The Morgan fingerprint density at radius 2 is 2.21 bits per heavy atom. The van der Waals surface area contributed by atoms with Gasteiger partial charge in [0.25, 0.3) is 5.22 Å². The van der Waals surface area contributed by atoms with Crippen molar-refractivity contribution in [3.8, 4) is 0 Å². The van der Waals surface area contributed by atoms with Gasteiger partial charge >= 0.3 is 6.09 Å². The van der Waals surface area contributed by atoms with E-state index in [0.717, 1.165) is 12.8 Å². The summed E-state index contributed by atoms with van der Waals surface area (Å²) >= 11 is 1.39. The predicted octanol–water partition coefficient (Wildman–Crippen LogP) is 2.86. The van der Waals surface area contributed by atoms with E-state index in [0.29, 0.717) is 17.7 Å². The summed E-state index contributed by atoms with van der Waals surface area (Å²) in [6.07, 6.45) is 3.30. The summed E-state index contributed by atoms with van der Waals surface area (Å²) in [5.41, 5.74) is -0.497. The maximum absolute atomic E-state index is 12.1. The molecule has 1 aliphatic rings. The van der Waals surface area contributed by atoms with Crippen LogP contribution in [-0.2, 0) is 4.74 Å². The van der Waals surface area contributed by atoms with E-state index < -0.39 is 5.60 Å². The topological polar surface area (TPSA) is 68.5 Å². The number of hydrogen-bond donors (Lipinski definition) is 0. The number of thioether (sulfide) groups is 1. The van der Waals surface area contributed by atoms with Crippen LogP contribution in [0.15, 0.2) is 9.64 Å². The van der Waals surface area contributed by atoms with Crippen molar-refractivity contribution in [3.63, 3.8) is 0 Å². The summed E-state index contributed by atoms with van der Waals surface area (Å²) in [6.45, 7) is 6.23. The van der Waals surface area contributed by atoms with Crippen molar-refractivity contribution < 1.29 is 13.9 Å². The van der Waals surface area contributed by atoms with Crippen LogP contribution in [0.25, 0.3) is 0 Å². The molecule has 1 amide bonds. The summed E-state index contributed by atoms with van der Waals surface area (Å²) in [6, 6.07) is -0.164. The second kappa shape index (κ2) is 5.40. The van der Waals surface area contributed by atoms with Crippen LogP contribution < -0.4 is 0 Å². The quantitative estimate of drug-likeness (QED) is 0.778. The number of carbonyl (C=O) groups is 1. The first-order chi connectivity index (χ1) is 8.90. The minimum atomic E-state index is -0.497. The monoisotopic (exact) mass is 285 g/mol. The molecule has 1 atom stereocenters. The van der Waals surface area contributed by atoms with Gasteiger partial charge in [0.15, 0.2) is 0 Å². The first-order valence-corrected chi connectivity index (χ1v) is 7.50. The fourth-order valence-electron chi connectivity index (χ4n) is 2.00. The molecular formula is C12H19N3O3S. The van der Waals surface area contributed by atoms with Crippen LogP contribution in [0.3, 0.4) is 0 Å². The summed E-state index contributed by atoms with van der Waals surface area (Å²) in [5.74, 6) is 0.493. The van der Waals surface area contributed by atoms with E-state index in [1.807, 2.05) is 27.0 Å². The molecule has 1 aromatic rings. The predicted molar refractivity (Wildman–Crippen MR) is 71.0 cm³/mol. The first-order valence-electron chi connectivity index (χ1n) is 6.28. The number of hydrogen-bond acceptors (Lipinski definition) is 6. The highest BCUT2D eigenvalue weighted by atomic mass is 32.2. The standard InChI is InChI=1S/C12H19N3O3S/c1-12(2,3)18-11(16)15-7-5-6-8(15)9-13-14-10(17-9)19-4/h8H,5-7H2,1-4H3/t8-/m1/s1. The normalized spacial score (nSPS) is 19.8. The van der Waals surface area contributed by atoms with Gasteiger partial charge < -0.3 is 9.15 Å². The van der Waals surface area contributed by atoms with Gasteiger partial charge in [-0.05, 0) is 39.9 Å². The molecule has 2 heterocycles. The highest BCUT2D eigenvalue weighted by Crippen LogP contribution is 2.33. The van der Waals surface area contributed by atoms with Crippen LogP contribution in [-0.4, -0.2) is 39.6 Å². The molecule has 0 spiro atoms. The highest BCUT2D eigenvalue weighted by molar-refractivity contribution is 7.98. The Kier molecular flexibility index (Phi) is 4.03. The van der Waals surface area contributed by atoms with Crippen LogP contribution >= 0.6 is 11.8 Å². The van der Waals surface area contributed by atoms with Crippen molar-refractivity contribution in [2.75, 3.05) is 12.8 Å². The lowest BCUT2D eigenvalue weighted by Gasteiger charge is -2.27. The third kappa shape index (κ3) is 3.40. The van der Waals surface area contributed by atoms with Crippen molar-refractivity contribution in [3.05, 3.63) is 5.89 Å². The molecule has 0 radical (unpaired) electrons. The minimum Gasteiger partial charge on any atom is -0.444 e. The maximum atomic E-state index is 12.1. The number of aromatic nitrogens is 2. The molecule has 1 aromatic heterocycles. The highest BCUT2D eigenvalue weighted by Gasteiger charge is 2.36. The molecule has 1 aliphatic heterocycles. The van der Waals surface area contributed by atoms with Crippen molar-refractivity contribution in [2.45, 2.75) is 50.5 Å². The number of carbonyl (C=O) groups excluding carboxylic acids is 1. The fourth-order valence-corrected chi connectivity index (χ4v) is 2.29. The van der Waals surface area contributed by atoms with Gasteiger partial charge in [0, 0.05) is 6.54 Å². The van der Waals surface area contributed by atoms with Gasteiger partial charge in [-0.25, -0.2) is 4.79 Å². The van der Waals surface area contributed by atoms with E-state index in [9.17, 15) is 4.79 Å². The molecule has 7 heteroatoms. The first kappa shape index (κ1) is 14.2. The average Bonchev–Trinajstić information content (AvgIpc) is 2.95. The Balaban J connectivity index is 2.10. The smallest absolute Gasteiger partial charge is 0.410 e. The third-order valence-corrected chi connectivity index (χ3v) is 3.28. The summed E-state index contributed by atoms with van der Waals surface area (Å²) < 4.78 is 10.9. The Morgan fingerprint density at radius 1 is 1.47 bits per heavy atom. The molecule has 0 aliphatic carbocycles. The van der Waals surface area contributed by atoms with Crippen molar-refractivity contribution in [1.29, 1.82) is 0 Å². The number of rotatable bonds is 2. The Morgan fingerprint density at radius 3 is 2.79 bits per heavy atom. The zero-order valence-electron chi connectivity index (χ0n) is 11.7. The van der Waals surface area contributed by atoms with Gasteiger partial charge in [0.1, 0.15) is 11.6 Å². The molecular weight excluding hydrogens is 266 g/mol. The molecule has 0 aromatic carbocycles. The largest absolute Gasteiger partial charge is 0.444 e. The van der Waals surface area contributed by atoms with Gasteiger partial charge in [0.05, 0.1) is 0 Å². The lowest BCUT2D eigenvalue weighted by atomic mass is 10.2. The Hall–Kier alpha value is -1.24. The molecule has 0 N–H and O–H groups in total. The summed E-state index contributed by atoms with van der Waals surface area (Å²) in [5, 5.41) is 8.45.